The van der Waals surface area contributed by atoms with E-state index in [0.29, 0.717) is 24.8 Å². The highest BCUT2D eigenvalue weighted by Gasteiger charge is 2.47. The number of hydrogen-bond donors (Lipinski definition) is 3. The van der Waals surface area contributed by atoms with Crippen LogP contribution in [0.1, 0.15) is 54.4 Å². The number of hydrogen-bond acceptors (Lipinski definition) is 5. The third kappa shape index (κ3) is 4.23. The van der Waals surface area contributed by atoms with Crippen molar-refractivity contribution in [3.63, 3.8) is 0 Å². The first-order valence-corrected chi connectivity index (χ1v) is 13.0. The Hall–Kier alpha value is -1.97. The Morgan fingerprint density at radius 3 is 2.52 bits per heavy atom. The summed E-state index contributed by atoms with van der Waals surface area (Å²) in [7, 11) is -3.28. The summed E-state index contributed by atoms with van der Waals surface area (Å²) >= 11 is 0. The predicted octanol–water partition coefficient (Wildman–Crippen LogP) is 1.24. The van der Waals surface area contributed by atoms with Crippen LogP contribution in [0.2, 0.25) is 0 Å². The van der Waals surface area contributed by atoms with Gasteiger partial charge in [0, 0.05) is 29.4 Å². The number of fused-ring (bicyclic) bond motifs is 3. The zero-order chi connectivity index (χ0) is 21.6. The summed E-state index contributed by atoms with van der Waals surface area (Å²) in [4.78, 5) is 24.4. The molecule has 31 heavy (non-hydrogen) atoms. The van der Waals surface area contributed by atoms with Crippen molar-refractivity contribution in [2.45, 2.75) is 63.1 Å². The summed E-state index contributed by atoms with van der Waals surface area (Å²) in [6, 6.07) is 5.22. The Kier molecular flexibility index (Phi) is 5.52. The van der Waals surface area contributed by atoms with Gasteiger partial charge in [0.2, 0.25) is 15.9 Å². The average molecular weight is 447 g/mol. The van der Waals surface area contributed by atoms with Crippen molar-refractivity contribution in [3.05, 3.63) is 29.3 Å². The van der Waals surface area contributed by atoms with E-state index in [-0.39, 0.29) is 41.6 Å². The van der Waals surface area contributed by atoms with Gasteiger partial charge in [-0.25, -0.2) is 8.42 Å². The summed E-state index contributed by atoms with van der Waals surface area (Å²) in [6.07, 6.45) is 5.21. The number of nitrogens with zero attached hydrogens (tertiary/aromatic N) is 1. The van der Waals surface area contributed by atoms with Crippen LogP contribution in [0, 0.1) is 5.92 Å². The Balaban J connectivity index is 1.22. The van der Waals surface area contributed by atoms with Gasteiger partial charge < -0.3 is 16.0 Å². The molecule has 0 aliphatic carbocycles. The average Bonchev–Trinajstić information content (AvgIpc) is 3.24. The Labute approximate surface area is 183 Å². The molecule has 0 radical (unpaired) electrons. The standard InChI is InChI=1S/C22H30N4O4S/c27-21-10-16-9-15(1-4-20(16)25-21)22(28)24-17-11-18-2-3-19(12-17)26(18)31(29,30)13-14-5-7-23-8-6-14/h1,4,9,14,17-19,23H,2-3,5-8,10-13H2,(H,24,28)(H,25,27)/t17-,18+,19-. The number of anilines is 1. The van der Waals surface area contributed by atoms with Crippen molar-refractivity contribution >= 4 is 27.5 Å². The predicted molar refractivity (Wildman–Crippen MR) is 117 cm³/mol. The molecule has 0 spiro atoms. The molecular formula is C22H30N4O4S. The summed E-state index contributed by atoms with van der Waals surface area (Å²) in [5, 5.41) is 9.19. The minimum absolute atomic E-state index is 0.0161. The fourth-order valence-corrected chi connectivity index (χ4v) is 8.17. The van der Waals surface area contributed by atoms with Crippen LogP contribution in [0.4, 0.5) is 5.69 Å². The van der Waals surface area contributed by atoms with Gasteiger partial charge in [-0.3, -0.25) is 9.59 Å². The van der Waals surface area contributed by atoms with E-state index in [2.05, 4.69) is 16.0 Å². The first kappa shape index (κ1) is 20.9. The van der Waals surface area contributed by atoms with E-state index < -0.39 is 10.0 Å². The molecule has 0 aromatic heterocycles. The molecule has 168 valence electrons. The van der Waals surface area contributed by atoms with Crippen LogP contribution in [0.25, 0.3) is 0 Å². The van der Waals surface area contributed by atoms with Gasteiger partial charge in [0.15, 0.2) is 0 Å². The fourth-order valence-electron chi connectivity index (χ4n) is 5.78. The second-order valence-electron chi connectivity index (χ2n) is 9.43. The number of nitrogens with one attached hydrogen (secondary N) is 3. The van der Waals surface area contributed by atoms with Crippen molar-refractivity contribution in [2.24, 2.45) is 5.92 Å². The number of rotatable bonds is 5. The lowest BCUT2D eigenvalue weighted by molar-refractivity contribution is -0.115. The number of piperidine rings is 2. The molecule has 3 saturated heterocycles. The van der Waals surface area contributed by atoms with Gasteiger partial charge in [0.25, 0.3) is 5.91 Å². The van der Waals surface area contributed by atoms with Gasteiger partial charge in [-0.1, -0.05) is 0 Å². The van der Waals surface area contributed by atoms with E-state index in [4.69, 9.17) is 0 Å². The summed E-state index contributed by atoms with van der Waals surface area (Å²) < 4.78 is 28.2. The maximum absolute atomic E-state index is 13.2. The molecule has 9 heteroatoms. The number of sulfonamides is 1. The lowest BCUT2D eigenvalue weighted by Gasteiger charge is -2.39. The van der Waals surface area contributed by atoms with Gasteiger partial charge in [-0.15, -0.1) is 0 Å². The van der Waals surface area contributed by atoms with E-state index in [1.807, 2.05) is 0 Å². The van der Waals surface area contributed by atoms with Crippen LogP contribution in [-0.4, -0.2) is 61.5 Å². The number of carbonyl (C=O) groups excluding carboxylic acids is 2. The van der Waals surface area contributed by atoms with Gasteiger partial charge in [0.05, 0.1) is 12.2 Å². The smallest absolute Gasteiger partial charge is 0.251 e. The van der Waals surface area contributed by atoms with E-state index in [1.54, 1.807) is 22.5 Å². The topological polar surface area (TPSA) is 108 Å². The molecule has 4 aliphatic rings. The number of amides is 2. The molecule has 0 unspecified atom stereocenters. The van der Waals surface area contributed by atoms with Crippen LogP contribution in [0.5, 0.6) is 0 Å². The molecule has 4 heterocycles. The minimum Gasteiger partial charge on any atom is -0.349 e. The highest BCUT2D eigenvalue weighted by molar-refractivity contribution is 7.89. The molecular weight excluding hydrogens is 416 g/mol. The molecule has 1 aromatic carbocycles. The zero-order valence-electron chi connectivity index (χ0n) is 17.6. The summed E-state index contributed by atoms with van der Waals surface area (Å²) in [5.41, 5.74) is 2.16. The normalized spacial score (nSPS) is 28.9. The van der Waals surface area contributed by atoms with Gasteiger partial charge >= 0.3 is 0 Å². The number of carbonyl (C=O) groups is 2. The third-order valence-corrected chi connectivity index (χ3v) is 9.35. The monoisotopic (exact) mass is 446 g/mol. The van der Waals surface area contributed by atoms with Crippen LogP contribution in [-0.2, 0) is 21.2 Å². The first-order chi connectivity index (χ1) is 14.9. The van der Waals surface area contributed by atoms with Crippen LogP contribution < -0.4 is 16.0 Å². The molecule has 4 aliphatic heterocycles. The van der Waals surface area contributed by atoms with Gasteiger partial charge in [-0.05, 0) is 81.3 Å². The van der Waals surface area contributed by atoms with Crippen LogP contribution in [0.15, 0.2) is 18.2 Å². The molecule has 3 fully saturated rings. The molecule has 2 bridgehead atoms. The van der Waals surface area contributed by atoms with Crippen molar-refractivity contribution in [1.29, 1.82) is 0 Å². The summed E-state index contributed by atoms with van der Waals surface area (Å²) in [6.45, 7) is 1.79. The minimum atomic E-state index is -3.28. The van der Waals surface area contributed by atoms with Gasteiger partial charge in [0.1, 0.15) is 0 Å². The van der Waals surface area contributed by atoms with Crippen molar-refractivity contribution in [2.75, 3.05) is 24.2 Å². The Morgan fingerprint density at radius 1 is 1.10 bits per heavy atom. The van der Waals surface area contributed by atoms with Crippen molar-refractivity contribution in [3.8, 4) is 0 Å². The van der Waals surface area contributed by atoms with Gasteiger partial charge in [-0.2, -0.15) is 4.31 Å². The van der Waals surface area contributed by atoms with E-state index in [1.165, 1.54) is 0 Å². The van der Waals surface area contributed by atoms with Crippen LogP contribution >= 0.6 is 0 Å². The zero-order valence-corrected chi connectivity index (χ0v) is 18.4. The van der Waals surface area contributed by atoms with E-state index in [0.717, 1.165) is 50.0 Å². The maximum Gasteiger partial charge on any atom is 0.251 e. The lowest BCUT2D eigenvalue weighted by atomic mass is 9.99. The largest absolute Gasteiger partial charge is 0.349 e. The van der Waals surface area contributed by atoms with E-state index in [9.17, 15) is 18.0 Å². The molecule has 2 amide bonds. The second-order valence-corrected chi connectivity index (χ2v) is 11.3. The van der Waals surface area contributed by atoms with Crippen LogP contribution in [0.3, 0.4) is 0 Å². The highest BCUT2D eigenvalue weighted by atomic mass is 32.2. The molecule has 1 aromatic rings. The lowest BCUT2D eigenvalue weighted by Crippen LogP contribution is -2.53. The summed E-state index contributed by atoms with van der Waals surface area (Å²) in [5.74, 6) is 0.282. The Bertz CT molecular complexity index is 975. The fraction of sp³-hybridized carbons (Fsp3) is 0.636. The van der Waals surface area contributed by atoms with Crippen molar-refractivity contribution in [1.82, 2.24) is 14.9 Å². The Morgan fingerprint density at radius 2 is 1.81 bits per heavy atom. The SMILES string of the molecule is O=C1Cc2cc(C(=O)N[C@H]3C[C@H]4CC[C@@H](C3)N4S(=O)(=O)CC3CCNCC3)ccc2N1. The molecule has 3 N–H and O–H groups in total. The molecule has 3 atom stereocenters. The first-order valence-electron chi connectivity index (χ1n) is 11.3. The van der Waals surface area contributed by atoms with Crippen molar-refractivity contribution < 1.29 is 18.0 Å². The second kappa shape index (κ2) is 8.18. The highest BCUT2D eigenvalue weighted by Crippen LogP contribution is 2.39. The van der Waals surface area contributed by atoms with E-state index >= 15 is 0 Å². The molecule has 5 rings (SSSR count). The maximum atomic E-state index is 13.2. The molecule has 8 nitrogen and oxygen atoms in total. The third-order valence-electron chi connectivity index (χ3n) is 7.22. The quantitative estimate of drug-likeness (QED) is 0.631. The number of benzene rings is 1. The molecule has 0 saturated carbocycles.